The first-order valence-corrected chi connectivity index (χ1v) is 26.7. The Bertz CT molecular complexity index is 1110. The van der Waals surface area contributed by atoms with Crippen molar-refractivity contribution < 1.29 is 34.1 Å². The molecule has 2 unspecified atom stereocenters. The number of nitrogens with one attached hydrogen (secondary N) is 2. The number of carboxylic acids is 1. The molecule has 0 fully saturated rings. The number of amides is 2. The van der Waals surface area contributed by atoms with Crippen LogP contribution < -0.4 is 10.6 Å². The predicted molar refractivity (Wildman–Crippen MR) is 264 cm³/mol. The molecule has 0 radical (unpaired) electrons. The van der Waals surface area contributed by atoms with E-state index in [1.165, 1.54) is 154 Å². The minimum atomic E-state index is -1.38. The summed E-state index contributed by atoms with van der Waals surface area (Å²) in [6.45, 7) is 3.50. The topological polar surface area (TPSA) is 142 Å². The molecule has 9 heteroatoms. The van der Waals surface area contributed by atoms with Crippen molar-refractivity contribution >= 4 is 23.8 Å². The largest absolute Gasteiger partial charge is 0.480 e. The molecule has 0 saturated heterocycles. The summed E-state index contributed by atoms with van der Waals surface area (Å²) in [6.07, 6.45) is 56.5. The highest BCUT2D eigenvalue weighted by Gasteiger charge is 2.19. The first-order chi connectivity index (χ1) is 30.8. The molecule has 4 N–H and O–H groups in total. The highest BCUT2D eigenvalue weighted by molar-refractivity contribution is 5.87. The van der Waals surface area contributed by atoms with Gasteiger partial charge in [-0.3, -0.25) is 14.4 Å². The third-order valence-electron chi connectivity index (χ3n) is 12.2. The van der Waals surface area contributed by atoms with Gasteiger partial charge in [0.2, 0.25) is 11.8 Å². The van der Waals surface area contributed by atoms with Crippen LogP contribution in [0, 0.1) is 0 Å². The van der Waals surface area contributed by atoms with Crippen molar-refractivity contribution in [2.24, 2.45) is 0 Å². The van der Waals surface area contributed by atoms with Gasteiger partial charge in [0, 0.05) is 12.8 Å². The molecule has 63 heavy (non-hydrogen) atoms. The second-order valence-electron chi connectivity index (χ2n) is 18.3. The molecule has 0 aromatic carbocycles. The number of ether oxygens (including phenoxy) is 1. The lowest BCUT2D eigenvalue weighted by Gasteiger charge is -2.18. The minimum absolute atomic E-state index is 0.0336. The Kier molecular flexibility index (Phi) is 46.7. The highest BCUT2D eigenvalue weighted by Crippen LogP contribution is 2.19. The monoisotopic (exact) mass is 889 g/mol. The maximum Gasteiger partial charge on any atom is 0.328 e. The Hall–Kier alpha value is -2.68. The first-order valence-electron chi connectivity index (χ1n) is 26.7. The molecule has 2 amide bonds. The van der Waals surface area contributed by atoms with Gasteiger partial charge in [-0.1, -0.05) is 212 Å². The fraction of sp³-hybridized carbons (Fsp3) is 0.852. The highest BCUT2D eigenvalue weighted by atomic mass is 16.5. The van der Waals surface area contributed by atoms with Crippen LogP contribution in [0.4, 0.5) is 0 Å². The van der Waals surface area contributed by atoms with Gasteiger partial charge in [-0.2, -0.15) is 0 Å². The Morgan fingerprint density at radius 1 is 0.476 bits per heavy atom. The molecule has 368 valence electrons. The van der Waals surface area contributed by atoms with E-state index in [1.807, 2.05) is 0 Å². The van der Waals surface area contributed by atoms with Gasteiger partial charge in [-0.05, 0) is 70.6 Å². The van der Waals surface area contributed by atoms with Crippen LogP contribution in [-0.4, -0.2) is 59.3 Å². The molecule has 0 aliphatic rings. The zero-order valence-electron chi connectivity index (χ0n) is 41.1. The van der Waals surface area contributed by atoms with Crippen LogP contribution in [0.25, 0.3) is 0 Å². The number of aliphatic carboxylic acids is 1. The molecule has 0 aliphatic carbocycles. The minimum Gasteiger partial charge on any atom is -0.480 e. The summed E-state index contributed by atoms with van der Waals surface area (Å²) in [4.78, 5) is 47.8. The van der Waals surface area contributed by atoms with Gasteiger partial charge >= 0.3 is 11.9 Å². The van der Waals surface area contributed by atoms with Crippen molar-refractivity contribution in [1.82, 2.24) is 10.6 Å². The molecule has 9 nitrogen and oxygen atoms in total. The predicted octanol–water partition coefficient (Wildman–Crippen LogP) is 14.3. The second-order valence-corrected chi connectivity index (χ2v) is 18.3. The Balaban J connectivity index is 4.28. The summed E-state index contributed by atoms with van der Waals surface area (Å²) >= 11 is 0. The van der Waals surface area contributed by atoms with Crippen LogP contribution >= 0.6 is 0 Å². The molecular formula is C54H100N2O7. The number of allylic oxidation sites excluding steroid dienone is 4. The average molecular weight is 889 g/mol. The van der Waals surface area contributed by atoms with E-state index in [2.05, 4.69) is 48.8 Å². The molecule has 0 heterocycles. The first kappa shape index (κ1) is 60.3. The summed E-state index contributed by atoms with van der Waals surface area (Å²) in [6, 6.07) is -1.38. The number of carbonyl (C=O) groups excluding carboxylic acids is 3. The van der Waals surface area contributed by atoms with E-state index in [1.54, 1.807) is 0 Å². The quantitative estimate of drug-likeness (QED) is 0.0271. The van der Waals surface area contributed by atoms with Gasteiger partial charge in [-0.15, -0.1) is 0 Å². The van der Waals surface area contributed by atoms with E-state index in [-0.39, 0.29) is 24.5 Å². The summed E-state index contributed by atoms with van der Waals surface area (Å²) in [7, 11) is 0. The summed E-state index contributed by atoms with van der Waals surface area (Å²) in [5.41, 5.74) is 0. The fourth-order valence-electron chi connectivity index (χ4n) is 8.10. The number of aliphatic hydroxyl groups excluding tert-OH is 1. The molecule has 0 rings (SSSR count). The maximum absolute atomic E-state index is 12.9. The van der Waals surface area contributed by atoms with Crippen molar-refractivity contribution in [2.45, 2.75) is 283 Å². The molecule has 0 spiro atoms. The molecule has 0 aromatic heterocycles. The summed E-state index contributed by atoms with van der Waals surface area (Å²) < 4.78 is 6.07. The molecular weight excluding hydrogens is 789 g/mol. The van der Waals surface area contributed by atoms with Gasteiger partial charge in [-0.25, -0.2) is 4.79 Å². The summed E-state index contributed by atoms with van der Waals surface area (Å²) in [5, 5.41) is 22.6. The van der Waals surface area contributed by atoms with Crippen molar-refractivity contribution in [3.8, 4) is 0 Å². The number of aliphatic hydroxyl groups is 1. The number of rotatable bonds is 49. The lowest BCUT2D eigenvalue weighted by molar-refractivity contribution is -0.150. The van der Waals surface area contributed by atoms with E-state index in [0.717, 1.165) is 83.5 Å². The van der Waals surface area contributed by atoms with Crippen LogP contribution in [0.3, 0.4) is 0 Å². The van der Waals surface area contributed by atoms with E-state index < -0.39 is 24.5 Å². The number of hydrogen-bond donors (Lipinski definition) is 4. The van der Waals surface area contributed by atoms with Crippen LogP contribution in [0.5, 0.6) is 0 Å². The fourth-order valence-corrected chi connectivity index (χ4v) is 8.10. The third kappa shape index (κ3) is 45.7. The van der Waals surface area contributed by atoms with Crippen LogP contribution in [0.1, 0.15) is 271 Å². The molecule has 2 atom stereocenters. The Morgan fingerprint density at radius 3 is 1.29 bits per heavy atom. The number of carboxylic acid groups (broad SMARTS) is 1. The standard InChI is InChI=1S/C54H100N2O7/c1-3-5-7-9-11-13-15-17-19-20-21-22-23-25-27-29-31-33-38-42-46-53(60)63-49(43-39-35-32-30-28-26-24-18-16-14-12-10-8-6-4-2)44-40-36-34-37-41-45-51(58)55-47-52(59)56-50(48-57)54(61)62/h16,18,26,28,49-50,57H,3-15,17,19-25,27,29-48H2,1-2H3,(H,55,58)(H,56,59)(H,61,62)/b18-16-,28-26-. The maximum atomic E-state index is 12.9. The van der Waals surface area contributed by atoms with Gasteiger partial charge in [0.15, 0.2) is 0 Å². The number of hydrogen-bond acceptors (Lipinski definition) is 6. The molecule has 0 aromatic rings. The Morgan fingerprint density at radius 2 is 0.857 bits per heavy atom. The van der Waals surface area contributed by atoms with Gasteiger partial charge in [0.05, 0.1) is 13.2 Å². The second kappa shape index (κ2) is 48.8. The van der Waals surface area contributed by atoms with E-state index in [9.17, 15) is 19.2 Å². The van der Waals surface area contributed by atoms with Crippen molar-refractivity contribution in [2.75, 3.05) is 13.2 Å². The molecule has 0 aliphatic heterocycles. The number of unbranched alkanes of at least 4 members (excludes halogenated alkanes) is 31. The lowest BCUT2D eigenvalue weighted by Crippen LogP contribution is -2.47. The van der Waals surface area contributed by atoms with Crippen LogP contribution in [-0.2, 0) is 23.9 Å². The van der Waals surface area contributed by atoms with Crippen molar-refractivity contribution in [1.29, 1.82) is 0 Å². The molecule has 0 saturated carbocycles. The number of esters is 1. The van der Waals surface area contributed by atoms with Crippen LogP contribution in [0.2, 0.25) is 0 Å². The van der Waals surface area contributed by atoms with E-state index in [0.29, 0.717) is 19.3 Å². The van der Waals surface area contributed by atoms with Crippen molar-refractivity contribution in [3.63, 3.8) is 0 Å². The lowest BCUT2D eigenvalue weighted by atomic mass is 10.0. The average Bonchev–Trinajstić information content (AvgIpc) is 3.27. The van der Waals surface area contributed by atoms with Gasteiger partial charge < -0.3 is 25.6 Å². The molecule has 0 bridgehead atoms. The van der Waals surface area contributed by atoms with E-state index in [4.69, 9.17) is 14.9 Å². The summed E-state index contributed by atoms with van der Waals surface area (Å²) in [5.74, 6) is -2.29. The number of carbonyl (C=O) groups is 4. The van der Waals surface area contributed by atoms with Gasteiger partial charge in [0.25, 0.3) is 0 Å². The zero-order chi connectivity index (χ0) is 46.1. The smallest absolute Gasteiger partial charge is 0.328 e. The van der Waals surface area contributed by atoms with Gasteiger partial charge in [0.1, 0.15) is 12.1 Å². The zero-order valence-corrected chi connectivity index (χ0v) is 41.1. The van der Waals surface area contributed by atoms with E-state index >= 15 is 0 Å². The van der Waals surface area contributed by atoms with Crippen LogP contribution in [0.15, 0.2) is 24.3 Å². The third-order valence-corrected chi connectivity index (χ3v) is 12.2. The Labute approximate surface area is 387 Å². The SMILES string of the molecule is CCCCCCC/C=C\C/C=C\CCCCCC(CCCCCCCC(=O)NCC(=O)NC(CO)C(=O)O)OC(=O)CCCCCCCCCCCCCCCCCCCCCC. The normalized spacial score (nSPS) is 12.6. The van der Waals surface area contributed by atoms with Crippen molar-refractivity contribution in [3.05, 3.63) is 24.3 Å².